The Balaban J connectivity index is 1.48. The highest BCUT2D eigenvalue weighted by atomic mass is 35.5. The second kappa shape index (κ2) is 9.40. The van der Waals surface area contributed by atoms with Crippen LogP contribution in [0.25, 0.3) is 0 Å². The Kier molecular flexibility index (Phi) is 6.64. The Labute approximate surface area is 184 Å². The Morgan fingerprint density at radius 1 is 1.17 bits per heavy atom. The molecule has 2 fully saturated rings. The lowest BCUT2D eigenvalue weighted by atomic mass is 9.85. The van der Waals surface area contributed by atoms with Gasteiger partial charge in [0, 0.05) is 42.7 Å². The van der Waals surface area contributed by atoms with Crippen LogP contribution in [0.3, 0.4) is 0 Å². The fraction of sp³-hybridized carbons (Fsp3) is 0.480. The molecule has 0 aromatic heterocycles. The van der Waals surface area contributed by atoms with Crippen molar-refractivity contribution in [1.82, 2.24) is 10.2 Å². The molecule has 2 aromatic rings. The van der Waals surface area contributed by atoms with Crippen molar-refractivity contribution < 1.29 is 9.53 Å². The fourth-order valence-electron chi connectivity index (χ4n) is 4.90. The van der Waals surface area contributed by atoms with Crippen LogP contribution in [0, 0.1) is 12.8 Å². The molecule has 1 amide bonds. The largest absolute Gasteiger partial charge is 0.494 e. The van der Waals surface area contributed by atoms with E-state index in [9.17, 15) is 4.79 Å². The van der Waals surface area contributed by atoms with Gasteiger partial charge in [-0.15, -0.1) is 0 Å². The fourth-order valence-corrected chi connectivity index (χ4v) is 5.07. The van der Waals surface area contributed by atoms with E-state index in [1.165, 1.54) is 5.56 Å². The van der Waals surface area contributed by atoms with E-state index in [-0.39, 0.29) is 17.7 Å². The van der Waals surface area contributed by atoms with Gasteiger partial charge in [0.15, 0.2) is 0 Å². The standard InChI is InChI=1S/C25H31ClN2O2/c1-3-30-24-13-17(2)23(26)14-20(24)21-15-27-16-22(21)25(29)28-11-9-19(10-12-28)18-7-5-4-6-8-18/h4-8,13-14,19,21-22,27H,3,9-12,15-16H2,1-2H3/t21?,22-/m1/s1. The minimum Gasteiger partial charge on any atom is -0.494 e. The minimum absolute atomic E-state index is 0.0729. The number of hydrogen-bond acceptors (Lipinski definition) is 3. The summed E-state index contributed by atoms with van der Waals surface area (Å²) < 4.78 is 5.91. The summed E-state index contributed by atoms with van der Waals surface area (Å²) in [4.78, 5) is 15.5. The molecule has 5 heteroatoms. The lowest BCUT2D eigenvalue weighted by Crippen LogP contribution is -2.43. The molecule has 30 heavy (non-hydrogen) atoms. The summed E-state index contributed by atoms with van der Waals surface area (Å²) in [5.41, 5.74) is 3.44. The van der Waals surface area contributed by atoms with Crippen molar-refractivity contribution >= 4 is 17.5 Å². The number of piperidine rings is 1. The number of hydrogen-bond donors (Lipinski definition) is 1. The first-order valence-electron chi connectivity index (χ1n) is 11.1. The maximum atomic E-state index is 13.5. The molecule has 0 bridgehead atoms. The predicted molar refractivity (Wildman–Crippen MR) is 121 cm³/mol. The van der Waals surface area contributed by atoms with Crippen molar-refractivity contribution in [3.8, 4) is 5.75 Å². The topological polar surface area (TPSA) is 41.6 Å². The molecule has 0 radical (unpaired) electrons. The van der Waals surface area contributed by atoms with Crippen molar-refractivity contribution in [3.05, 3.63) is 64.2 Å². The van der Waals surface area contributed by atoms with Crippen molar-refractivity contribution in [1.29, 1.82) is 0 Å². The number of nitrogens with zero attached hydrogens (tertiary/aromatic N) is 1. The molecule has 2 saturated heterocycles. The molecule has 4 nitrogen and oxygen atoms in total. The van der Waals surface area contributed by atoms with Crippen molar-refractivity contribution in [2.24, 2.45) is 5.92 Å². The number of carbonyl (C=O) groups excluding carboxylic acids is 1. The number of nitrogens with one attached hydrogen (secondary N) is 1. The number of likely N-dealkylation sites (tertiary alicyclic amines) is 1. The van der Waals surface area contributed by atoms with Gasteiger partial charge in [-0.05, 0) is 55.9 Å². The zero-order chi connectivity index (χ0) is 21.1. The molecule has 0 saturated carbocycles. The SMILES string of the molecule is CCOc1cc(C)c(Cl)cc1C1CNC[C@H]1C(=O)N1CCC(c2ccccc2)CC1. The summed E-state index contributed by atoms with van der Waals surface area (Å²) in [6.45, 7) is 7.71. The van der Waals surface area contributed by atoms with E-state index in [2.05, 4.69) is 40.5 Å². The van der Waals surface area contributed by atoms with Gasteiger partial charge in [-0.3, -0.25) is 4.79 Å². The average Bonchev–Trinajstić information content (AvgIpc) is 3.26. The third-order valence-corrected chi connectivity index (χ3v) is 7.01. The van der Waals surface area contributed by atoms with E-state index >= 15 is 0 Å². The first-order valence-corrected chi connectivity index (χ1v) is 11.4. The predicted octanol–water partition coefficient (Wildman–Crippen LogP) is 4.76. The zero-order valence-electron chi connectivity index (χ0n) is 17.9. The van der Waals surface area contributed by atoms with Gasteiger partial charge in [-0.25, -0.2) is 0 Å². The van der Waals surface area contributed by atoms with Crippen LogP contribution < -0.4 is 10.1 Å². The number of rotatable bonds is 5. The molecule has 0 aliphatic carbocycles. The number of amides is 1. The summed E-state index contributed by atoms with van der Waals surface area (Å²) in [6, 6.07) is 14.7. The summed E-state index contributed by atoms with van der Waals surface area (Å²) in [5, 5.41) is 4.16. The lowest BCUT2D eigenvalue weighted by Gasteiger charge is -2.35. The van der Waals surface area contributed by atoms with Crippen molar-refractivity contribution in [2.75, 3.05) is 32.8 Å². The highest BCUT2D eigenvalue weighted by molar-refractivity contribution is 6.31. The molecule has 2 aromatic carbocycles. The Morgan fingerprint density at radius 3 is 2.60 bits per heavy atom. The van der Waals surface area contributed by atoms with Gasteiger partial charge in [-0.2, -0.15) is 0 Å². The number of ether oxygens (including phenoxy) is 1. The van der Waals surface area contributed by atoms with Crippen molar-refractivity contribution in [2.45, 2.75) is 38.5 Å². The molecule has 4 rings (SSSR count). The molecule has 2 atom stereocenters. The minimum atomic E-state index is -0.0729. The Bertz CT molecular complexity index is 878. The molecule has 1 N–H and O–H groups in total. The second-order valence-electron chi connectivity index (χ2n) is 8.45. The van der Waals surface area contributed by atoms with Crippen LogP contribution in [0.4, 0.5) is 0 Å². The summed E-state index contributed by atoms with van der Waals surface area (Å²) in [5.74, 6) is 1.68. The third-order valence-electron chi connectivity index (χ3n) is 6.60. The third kappa shape index (κ3) is 4.35. The zero-order valence-corrected chi connectivity index (χ0v) is 18.6. The number of aryl methyl sites for hydroxylation is 1. The van der Waals surface area contributed by atoms with E-state index in [1.807, 2.05) is 26.0 Å². The highest BCUT2D eigenvalue weighted by Crippen LogP contribution is 2.39. The van der Waals surface area contributed by atoms with Gasteiger partial charge in [0.05, 0.1) is 12.5 Å². The molecule has 160 valence electrons. The van der Waals surface area contributed by atoms with Gasteiger partial charge >= 0.3 is 0 Å². The molecular formula is C25H31ClN2O2. The van der Waals surface area contributed by atoms with Crippen LogP contribution >= 0.6 is 11.6 Å². The number of benzene rings is 2. The summed E-state index contributed by atoms with van der Waals surface area (Å²) in [6.07, 6.45) is 2.06. The summed E-state index contributed by atoms with van der Waals surface area (Å²) in [7, 11) is 0. The quantitative estimate of drug-likeness (QED) is 0.749. The highest BCUT2D eigenvalue weighted by Gasteiger charge is 2.39. The molecule has 2 heterocycles. The first-order chi connectivity index (χ1) is 14.6. The van der Waals surface area contributed by atoms with E-state index in [0.29, 0.717) is 19.1 Å². The van der Waals surface area contributed by atoms with E-state index < -0.39 is 0 Å². The monoisotopic (exact) mass is 426 g/mol. The molecule has 1 unspecified atom stereocenters. The van der Waals surface area contributed by atoms with Crippen LogP contribution in [-0.4, -0.2) is 43.6 Å². The number of carbonyl (C=O) groups is 1. The van der Waals surface area contributed by atoms with E-state index in [1.54, 1.807) is 0 Å². The van der Waals surface area contributed by atoms with E-state index in [4.69, 9.17) is 16.3 Å². The molecular weight excluding hydrogens is 396 g/mol. The average molecular weight is 427 g/mol. The van der Waals surface area contributed by atoms with Crippen LogP contribution in [-0.2, 0) is 4.79 Å². The van der Waals surface area contributed by atoms with Crippen LogP contribution in [0.1, 0.15) is 48.3 Å². The van der Waals surface area contributed by atoms with Crippen LogP contribution in [0.15, 0.2) is 42.5 Å². The summed E-state index contributed by atoms with van der Waals surface area (Å²) >= 11 is 6.44. The molecule has 2 aliphatic heterocycles. The maximum Gasteiger partial charge on any atom is 0.227 e. The van der Waals surface area contributed by atoms with Gasteiger partial charge < -0.3 is 15.0 Å². The lowest BCUT2D eigenvalue weighted by molar-refractivity contribution is -0.136. The second-order valence-corrected chi connectivity index (χ2v) is 8.86. The maximum absolute atomic E-state index is 13.5. The van der Waals surface area contributed by atoms with Gasteiger partial charge in [-0.1, -0.05) is 41.9 Å². The number of halogens is 1. The van der Waals surface area contributed by atoms with Gasteiger partial charge in [0.1, 0.15) is 5.75 Å². The normalized spacial score (nSPS) is 22.3. The van der Waals surface area contributed by atoms with Gasteiger partial charge in [0.25, 0.3) is 0 Å². The van der Waals surface area contributed by atoms with Crippen molar-refractivity contribution in [3.63, 3.8) is 0 Å². The Morgan fingerprint density at radius 2 is 1.90 bits per heavy atom. The molecule has 0 spiro atoms. The Hall–Kier alpha value is -2.04. The van der Waals surface area contributed by atoms with Gasteiger partial charge in [0.2, 0.25) is 5.91 Å². The first kappa shape index (κ1) is 21.2. The molecule has 2 aliphatic rings. The van der Waals surface area contributed by atoms with Crippen LogP contribution in [0.5, 0.6) is 5.75 Å². The van der Waals surface area contributed by atoms with Crippen LogP contribution in [0.2, 0.25) is 5.02 Å². The smallest absolute Gasteiger partial charge is 0.227 e. The van der Waals surface area contributed by atoms with E-state index in [0.717, 1.165) is 54.4 Å².